The first-order valence-corrected chi connectivity index (χ1v) is 6.30. The van der Waals surface area contributed by atoms with E-state index < -0.39 is 5.82 Å². The van der Waals surface area contributed by atoms with Crippen LogP contribution in [0.15, 0.2) is 18.2 Å². The van der Waals surface area contributed by atoms with Crippen LogP contribution in [0.1, 0.15) is 16.8 Å². The molecule has 1 atom stereocenters. The molecule has 3 nitrogen and oxygen atoms in total. The van der Waals surface area contributed by atoms with E-state index in [1.165, 1.54) is 12.1 Å². The Morgan fingerprint density at radius 3 is 2.83 bits per heavy atom. The standard InChI is InChI=1S/C12H14Cl2FNO2/c1-18-7-9(4-5-13)16-12(17)8-2-3-11(15)10(14)6-8/h2-3,6,9H,4-5,7H2,1H3,(H,16,17). The third kappa shape index (κ3) is 4.44. The van der Waals surface area contributed by atoms with Crippen molar-refractivity contribution in [2.24, 2.45) is 0 Å². The largest absolute Gasteiger partial charge is 0.383 e. The summed E-state index contributed by atoms with van der Waals surface area (Å²) in [5.74, 6) is -0.468. The van der Waals surface area contributed by atoms with Gasteiger partial charge in [-0.05, 0) is 24.6 Å². The summed E-state index contributed by atoms with van der Waals surface area (Å²) in [5, 5.41) is 2.67. The Morgan fingerprint density at radius 1 is 1.56 bits per heavy atom. The monoisotopic (exact) mass is 293 g/mol. The molecule has 1 unspecified atom stereocenters. The van der Waals surface area contributed by atoms with Gasteiger partial charge in [0.05, 0.1) is 17.7 Å². The van der Waals surface area contributed by atoms with Gasteiger partial charge in [-0.1, -0.05) is 11.6 Å². The molecule has 1 aromatic carbocycles. The number of ether oxygens (including phenoxy) is 1. The van der Waals surface area contributed by atoms with Gasteiger partial charge in [0.15, 0.2) is 0 Å². The summed E-state index contributed by atoms with van der Waals surface area (Å²) in [5.41, 5.74) is 0.303. The van der Waals surface area contributed by atoms with Crippen LogP contribution in [-0.2, 0) is 4.74 Å². The lowest BCUT2D eigenvalue weighted by atomic mass is 10.1. The SMILES string of the molecule is COCC(CCCl)NC(=O)c1ccc(F)c(Cl)c1. The van der Waals surface area contributed by atoms with E-state index >= 15 is 0 Å². The van der Waals surface area contributed by atoms with E-state index in [-0.39, 0.29) is 17.0 Å². The van der Waals surface area contributed by atoms with E-state index in [4.69, 9.17) is 27.9 Å². The molecule has 0 bridgehead atoms. The van der Waals surface area contributed by atoms with Crippen LogP contribution in [0.3, 0.4) is 0 Å². The molecule has 0 spiro atoms. The zero-order valence-corrected chi connectivity index (χ0v) is 11.4. The van der Waals surface area contributed by atoms with Crippen molar-refractivity contribution in [1.29, 1.82) is 0 Å². The molecule has 18 heavy (non-hydrogen) atoms. The smallest absolute Gasteiger partial charge is 0.251 e. The number of halogens is 3. The number of rotatable bonds is 6. The second kappa shape index (κ2) is 7.56. The number of carbonyl (C=O) groups excluding carboxylic acids is 1. The van der Waals surface area contributed by atoms with Crippen molar-refractivity contribution in [3.63, 3.8) is 0 Å². The molecule has 0 fully saturated rings. The summed E-state index contributed by atoms with van der Waals surface area (Å²) in [6.07, 6.45) is 0.593. The third-order valence-corrected chi connectivity index (χ3v) is 2.85. The van der Waals surface area contributed by atoms with Gasteiger partial charge in [0.25, 0.3) is 5.91 Å². The minimum absolute atomic E-state index is 0.0803. The first-order valence-electron chi connectivity index (χ1n) is 5.39. The van der Waals surface area contributed by atoms with Gasteiger partial charge in [-0.25, -0.2) is 4.39 Å². The number of nitrogens with one attached hydrogen (secondary N) is 1. The molecular weight excluding hydrogens is 280 g/mol. The predicted octanol–water partition coefficient (Wildman–Crippen LogP) is 2.85. The number of hydrogen-bond donors (Lipinski definition) is 1. The first kappa shape index (κ1) is 15.2. The minimum atomic E-state index is -0.553. The minimum Gasteiger partial charge on any atom is -0.383 e. The molecule has 0 aromatic heterocycles. The van der Waals surface area contributed by atoms with Crippen molar-refractivity contribution in [3.05, 3.63) is 34.6 Å². The summed E-state index contributed by atoms with van der Waals surface area (Å²) in [7, 11) is 1.54. The normalized spacial score (nSPS) is 12.2. The highest BCUT2D eigenvalue weighted by atomic mass is 35.5. The fourth-order valence-corrected chi connectivity index (χ4v) is 1.88. The fourth-order valence-electron chi connectivity index (χ4n) is 1.44. The van der Waals surface area contributed by atoms with Crippen LogP contribution in [0.25, 0.3) is 0 Å². The van der Waals surface area contributed by atoms with E-state index in [1.807, 2.05) is 0 Å². The van der Waals surface area contributed by atoms with E-state index in [0.717, 1.165) is 6.07 Å². The molecule has 0 saturated heterocycles. The van der Waals surface area contributed by atoms with Crippen LogP contribution in [0.2, 0.25) is 5.02 Å². The highest BCUT2D eigenvalue weighted by molar-refractivity contribution is 6.31. The Labute approximate surface area is 115 Å². The average molecular weight is 294 g/mol. The van der Waals surface area contributed by atoms with Gasteiger partial charge in [0.1, 0.15) is 5.82 Å². The van der Waals surface area contributed by atoms with Crippen molar-refractivity contribution < 1.29 is 13.9 Å². The number of benzene rings is 1. The summed E-state index contributed by atoms with van der Waals surface area (Å²) < 4.78 is 17.9. The summed E-state index contributed by atoms with van der Waals surface area (Å²) in [4.78, 5) is 11.9. The second-order valence-electron chi connectivity index (χ2n) is 3.73. The number of carbonyl (C=O) groups is 1. The predicted molar refractivity (Wildman–Crippen MR) is 69.9 cm³/mol. The van der Waals surface area contributed by atoms with Gasteiger partial charge in [-0.3, -0.25) is 4.79 Å². The van der Waals surface area contributed by atoms with Crippen LogP contribution < -0.4 is 5.32 Å². The Hall–Kier alpha value is -0.840. The summed E-state index contributed by atoms with van der Waals surface area (Å²) >= 11 is 11.2. The van der Waals surface area contributed by atoms with E-state index in [0.29, 0.717) is 24.5 Å². The molecule has 100 valence electrons. The van der Waals surface area contributed by atoms with E-state index in [2.05, 4.69) is 5.32 Å². The van der Waals surface area contributed by atoms with Gasteiger partial charge >= 0.3 is 0 Å². The molecule has 1 aromatic rings. The Kier molecular flexibility index (Phi) is 6.39. The van der Waals surface area contributed by atoms with Crippen molar-refractivity contribution in [3.8, 4) is 0 Å². The average Bonchev–Trinajstić information content (AvgIpc) is 2.33. The zero-order valence-electron chi connectivity index (χ0n) is 9.88. The zero-order chi connectivity index (χ0) is 13.5. The quantitative estimate of drug-likeness (QED) is 0.819. The Balaban J connectivity index is 2.70. The molecule has 0 aliphatic rings. The molecular formula is C12H14Cl2FNO2. The van der Waals surface area contributed by atoms with Crippen LogP contribution >= 0.6 is 23.2 Å². The van der Waals surface area contributed by atoms with Crippen molar-refractivity contribution in [2.75, 3.05) is 19.6 Å². The van der Waals surface area contributed by atoms with Gasteiger partial charge < -0.3 is 10.1 Å². The van der Waals surface area contributed by atoms with Crippen molar-refractivity contribution in [1.82, 2.24) is 5.32 Å². The number of amides is 1. The Bertz CT molecular complexity index is 409. The maximum Gasteiger partial charge on any atom is 0.251 e. The molecule has 0 radical (unpaired) electrons. The van der Waals surface area contributed by atoms with Crippen molar-refractivity contribution >= 4 is 29.1 Å². The van der Waals surface area contributed by atoms with E-state index in [9.17, 15) is 9.18 Å². The molecule has 0 aliphatic heterocycles. The van der Waals surface area contributed by atoms with Crippen LogP contribution in [0, 0.1) is 5.82 Å². The number of alkyl halides is 1. The van der Waals surface area contributed by atoms with Crippen LogP contribution in [0.5, 0.6) is 0 Å². The maximum absolute atomic E-state index is 13.0. The second-order valence-corrected chi connectivity index (χ2v) is 4.52. The molecule has 6 heteroatoms. The topological polar surface area (TPSA) is 38.3 Å². The maximum atomic E-state index is 13.0. The van der Waals surface area contributed by atoms with Gasteiger partial charge in [0, 0.05) is 18.6 Å². The molecule has 0 heterocycles. The molecule has 1 amide bonds. The summed E-state index contributed by atoms with van der Waals surface area (Å²) in [6.45, 7) is 0.368. The molecule has 1 N–H and O–H groups in total. The lowest BCUT2D eigenvalue weighted by Crippen LogP contribution is -2.38. The third-order valence-electron chi connectivity index (χ3n) is 2.34. The van der Waals surface area contributed by atoms with Crippen molar-refractivity contribution in [2.45, 2.75) is 12.5 Å². The van der Waals surface area contributed by atoms with Crippen LogP contribution in [-0.4, -0.2) is 31.5 Å². The summed E-state index contributed by atoms with van der Waals surface area (Å²) in [6, 6.07) is 3.64. The van der Waals surface area contributed by atoms with E-state index in [1.54, 1.807) is 7.11 Å². The lowest BCUT2D eigenvalue weighted by Gasteiger charge is -2.16. The number of hydrogen-bond acceptors (Lipinski definition) is 2. The lowest BCUT2D eigenvalue weighted by molar-refractivity contribution is 0.0895. The molecule has 1 rings (SSSR count). The Morgan fingerprint density at radius 2 is 2.28 bits per heavy atom. The fraction of sp³-hybridized carbons (Fsp3) is 0.417. The van der Waals surface area contributed by atoms with Gasteiger partial charge in [-0.2, -0.15) is 0 Å². The highest BCUT2D eigenvalue weighted by Crippen LogP contribution is 2.16. The highest BCUT2D eigenvalue weighted by Gasteiger charge is 2.14. The molecule has 0 saturated carbocycles. The van der Waals surface area contributed by atoms with Gasteiger partial charge in [-0.15, -0.1) is 11.6 Å². The first-order chi connectivity index (χ1) is 8.58. The van der Waals surface area contributed by atoms with Crippen LogP contribution in [0.4, 0.5) is 4.39 Å². The molecule has 0 aliphatic carbocycles. The number of methoxy groups -OCH3 is 1. The van der Waals surface area contributed by atoms with Gasteiger partial charge in [0.2, 0.25) is 0 Å².